The predicted octanol–water partition coefficient (Wildman–Crippen LogP) is 6.37. The molecule has 4 nitrogen and oxygen atoms in total. The van der Waals surface area contributed by atoms with Gasteiger partial charge in [-0.25, -0.2) is 4.79 Å². The average Bonchev–Trinajstić information content (AvgIpc) is 3.05. The summed E-state index contributed by atoms with van der Waals surface area (Å²) in [5.74, 6) is 0.424. The summed E-state index contributed by atoms with van der Waals surface area (Å²) in [6.45, 7) is 7.84. The molecule has 0 radical (unpaired) electrons. The van der Waals surface area contributed by atoms with E-state index in [1.54, 1.807) is 0 Å². The average molecular weight is 419 g/mol. The van der Waals surface area contributed by atoms with E-state index in [1.807, 2.05) is 20.8 Å². The van der Waals surface area contributed by atoms with Gasteiger partial charge in [0.05, 0.1) is 17.8 Å². The summed E-state index contributed by atoms with van der Waals surface area (Å²) in [6, 6.07) is 16.8. The van der Waals surface area contributed by atoms with Crippen LogP contribution in [0.25, 0.3) is 11.1 Å². The number of carbonyl (C=O) groups excluding carboxylic acids is 1. The second-order valence-corrected chi connectivity index (χ2v) is 9.88. The van der Waals surface area contributed by atoms with Gasteiger partial charge in [0.1, 0.15) is 5.60 Å². The first-order valence-electron chi connectivity index (χ1n) is 11.6. The van der Waals surface area contributed by atoms with E-state index in [1.165, 1.54) is 41.5 Å². The molecule has 0 saturated heterocycles. The van der Waals surface area contributed by atoms with Crippen LogP contribution in [0.1, 0.15) is 70.9 Å². The molecule has 4 rings (SSSR count). The van der Waals surface area contributed by atoms with Crippen molar-refractivity contribution in [3.05, 3.63) is 59.7 Å². The van der Waals surface area contributed by atoms with Crippen LogP contribution in [0.5, 0.6) is 0 Å². The molecule has 0 heterocycles. The Morgan fingerprint density at radius 3 is 1.97 bits per heavy atom. The molecule has 0 aromatic heterocycles. The van der Waals surface area contributed by atoms with E-state index in [9.17, 15) is 4.79 Å². The van der Waals surface area contributed by atoms with Crippen molar-refractivity contribution in [2.24, 2.45) is 10.9 Å². The van der Waals surface area contributed by atoms with E-state index >= 15 is 0 Å². The Labute approximate surface area is 186 Å². The molecular formula is C27H34N2O2. The zero-order valence-corrected chi connectivity index (χ0v) is 19.2. The number of amides is 1. The number of benzene rings is 2. The van der Waals surface area contributed by atoms with E-state index in [4.69, 9.17) is 9.73 Å². The van der Waals surface area contributed by atoms with Crippen LogP contribution >= 0.6 is 0 Å². The van der Waals surface area contributed by atoms with Gasteiger partial charge in [-0.2, -0.15) is 0 Å². The molecule has 1 saturated carbocycles. The van der Waals surface area contributed by atoms with Crippen molar-refractivity contribution >= 4 is 11.8 Å². The molecule has 0 aliphatic heterocycles. The molecule has 2 aliphatic rings. The standard InChI is InChI=1S/C27H34N2O2/c1-18(24(19-12-6-5-7-13-19)29-26(30)31-27(2,3)4)28-25-22-16-10-8-14-20(22)21-15-9-11-17-23(21)25/h8-11,14-19,24H,5-7,12-13H2,1-4H3,(H,29,30). The Bertz CT molecular complexity index is 920. The number of hydrogen-bond donors (Lipinski definition) is 1. The number of rotatable bonds is 4. The first kappa shape index (κ1) is 21.6. The molecule has 164 valence electrons. The smallest absolute Gasteiger partial charge is 0.407 e. The number of nitrogens with one attached hydrogen (secondary N) is 1. The highest BCUT2D eigenvalue weighted by atomic mass is 16.6. The monoisotopic (exact) mass is 418 g/mol. The van der Waals surface area contributed by atoms with Crippen LogP contribution in [0.2, 0.25) is 0 Å². The van der Waals surface area contributed by atoms with E-state index in [0.29, 0.717) is 5.92 Å². The Morgan fingerprint density at radius 1 is 0.935 bits per heavy atom. The second kappa shape index (κ2) is 8.86. The fourth-order valence-electron chi connectivity index (χ4n) is 4.99. The summed E-state index contributed by atoms with van der Waals surface area (Å²) >= 11 is 0. The lowest BCUT2D eigenvalue weighted by molar-refractivity contribution is 0.0467. The summed E-state index contributed by atoms with van der Waals surface area (Å²) in [5.41, 5.74) is 5.34. The SMILES string of the molecule is CC(N=C1c2ccccc2-c2ccccc21)C(NC(=O)OC(C)(C)C)C1CCCCC1. The minimum absolute atomic E-state index is 0.0393. The number of carbonyl (C=O) groups is 1. The molecular weight excluding hydrogens is 384 g/mol. The van der Waals surface area contributed by atoms with Crippen LogP contribution in [0.4, 0.5) is 4.79 Å². The minimum atomic E-state index is -0.514. The van der Waals surface area contributed by atoms with Crippen LogP contribution in [0.3, 0.4) is 0 Å². The second-order valence-electron chi connectivity index (χ2n) is 9.88. The summed E-state index contributed by atoms with van der Waals surface area (Å²) < 4.78 is 5.59. The fourth-order valence-corrected chi connectivity index (χ4v) is 4.99. The maximum absolute atomic E-state index is 12.7. The molecule has 1 amide bonds. The summed E-state index contributed by atoms with van der Waals surface area (Å²) in [4.78, 5) is 17.9. The van der Waals surface area contributed by atoms with Gasteiger partial charge in [0.15, 0.2) is 0 Å². The Kier molecular flexibility index (Phi) is 6.17. The van der Waals surface area contributed by atoms with Crippen molar-refractivity contribution in [2.45, 2.75) is 77.5 Å². The third-order valence-corrected chi connectivity index (χ3v) is 6.35. The van der Waals surface area contributed by atoms with Crippen LogP contribution in [-0.4, -0.2) is 29.5 Å². The van der Waals surface area contributed by atoms with Gasteiger partial charge in [0.25, 0.3) is 0 Å². The highest BCUT2D eigenvalue weighted by Crippen LogP contribution is 2.37. The lowest BCUT2D eigenvalue weighted by atomic mass is 9.81. The number of alkyl carbamates (subject to hydrolysis) is 1. The van der Waals surface area contributed by atoms with Crippen LogP contribution in [0, 0.1) is 5.92 Å². The molecule has 0 spiro atoms. The molecule has 2 unspecified atom stereocenters. The van der Waals surface area contributed by atoms with Gasteiger partial charge in [-0.3, -0.25) is 4.99 Å². The predicted molar refractivity (Wildman–Crippen MR) is 127 cm³/mol. The zero-order valence-electron chi connectivity index (χ0n) is 19.2. The third-order valence-electron chi connectivity index (χ3n) is 6.35. The third kappa shape index (κ3) is 4.84. The number of aliphatic imine (C=N–C) groups is 1. The van der Waals surface area contributed by atoms with Crippen molar-refractivity contribution in [1.29, 1.82) is 0 Å². The van der Waals surface area contributed by atoms with E-state index < -0.39 is 5.60 Å². The molecule has 2 aromatic rings. The molecule has 2 aliphatic carbocycles. The molecule has 31 heavy (non-hydrogen) atoms. The summed E-state index contributed by atoms with van der Waals surface area (Å²) in [6.07, 6.45) is 5.62. The molecule has 2 aromatic carbocycles. The van der Waals surface area contributed by atoms with Crippen molar-refractivity contribution in [2.75, 3.05) is 0 Å². The molecule has 1 fully saturated rings. The molecule has 2 atom stereocenters. The van der Waals surface area contributed by atoms with Gasteiger partial charge < -0.3 is 10.1 Å². The highest BCUT2D eigenvalue weighted by Gasteiger charge is 2.32. The van der Waals surface area contributed by atoms with Crippen LogP contribution in [0.15, 0.2) is 53.5 Å². The van der Waals surface area contributed by atoms with E-state index in [2.05, 4.69) is 60.8 Å². The van der Waals surface area contributed by atoms with Crippen LogP contribution < -0.4 is 5.32 Å². The summed E-state index contributed by atoms with van der Waals surface area (Å²) in [5, 5.41) is 3.20. The topological polar surface area (TPSA) is 50.7 Å². The van der Waals surface area contributed by atoms with Gasteiger partial charge in [-0.1, -0.05) is 67.8 Å². The number of ether oxygens (including phenoxy) is 1. The van der Waals surface area contributed by atoms with Gasteiger partial charge in [0.2, 0.25) is 0 Å². The van der Waals surface area contributed by atoms with Gasteiger partial charge in [0, 0.05) is 11.1 Å². The van der Waals surface area contributed by atoms with Crippen LogP contribution in [-0.2, 0) is 4.74 Å². The normalized spacial score (nSPS) is 18.0. The summed E-state index contributed by atoms with van der Waals surface area (Å²) in [7, 11) is 0. The number of nitrogens with zero attached hydrogens (tertiary/aromatic N) is 1. The lowest BCUT2D eigenvalue weighted by Crippen LogP contribution is -2.49. The van der Waals surface area contributed by atoms with Gasteiger partial charge in [-0.15, -0.1) is 0 Å². The zero-order chi connectivity index (χ0) is 22.0. The Morgan fingerprint density at radius 2 is 1.45 bits per heavy atom. The van der Waals surface area contributed by atoms with E-state index in [0.717, 1.165) is 18.6 Å². The number of fused-ring (bicyclic) bond motifs is 3. The molecule has 0 bridgehead atoms. The number of hydrogen-bond acceptors (Lipinski definition) is 3. The maximum atomic E-state index is 12.7. The van der Waals surface area contributed by atoms with Crippen molar-refractivity contribution < 1.29 is 9.53 Å². The van der Waals surface area contributed by atoms with Crippen molar-refractivity contribution in [3.8, 4) is 11.1 Å². The first-order valence-corrected chi connectivity index (χ1v) is 11.6. The molecule has 4 heteroatoms. The highest BCUT2D eigenvalue weighted by molar-refractivity contribution is 6.24. The fraction of sp³-hybridized carbons (Fsp3) is 0.481. The maximum Gasteiger partial charge on any atom is 0.407 e. The van der Waals surface area contributed by atoms with Crippen molar-refractivity contribution in [1.82, 2.24) is 5.32 Å². The van der Waals surface area contributed by atoms with Gasteiger partial charge >= 0.3 is 6.09 Å². The minimum Gasteiger partial charge on any atom is -0.444 e. The molecule has 1 N–H and O–H groups in total. The Hall–Kier alpha value is -2.62. The Balaban J connectivity index is 1.66. The lowest BCUT2D eigenvalue weighted by Gasteiger charge is -2.34. The van der Waals surface area contributed by atoms with Gasteiger partial charge in [-0.05, 0) is 57.6 Å². The van der Waals surface area contributed by atoms with Crippen molar-refractivity contribution in [3.63, 3.8) is 0 Å². The van der Waals surface area contributed by atoms with E-state index in [-0.39, 0.29) is 18.2 Å². The first-order chi connectivity index (χ1) is 14.8. The quantitative estimate of drug-likeness (QED) is 0.535. The largest absolute Gasteiger partial charge is 0.444 e.